The molecule has 0 amide bonds. The van der Waals surface area contributed by atoms with Crippen LogP contribution in [-0.4, -0.2) is 10.1 Å². The highest BCUT2D eigenvalue weighted by atomic mass is 32.1. The summed E-state index contributed by atoms with van der Waals surface area (Å²) in [5.41, 5.74) is 3.27. The normalized spacial score (nSPS) is 17.1. The second kappa shape index (κ2) is 5.13. The van der Waals surface area contributed by atoms with Crippen LogP contribution in [0.4, 0.5) is 0 Å². The third kappa shape index (κ3) is 2.41. The Hall–Kier alpha value is -1.91. The fraction of sp³-hybridized carbons (Fsp3) is 0.235. The number of aliphatic hydroxyl groups is 1. The van der Waals surface area contributed by atoms with Crippen molar-refractivity contribution in [1.82, 2.24) is 4.98 Å². The zero-order chi connectivity index (χ0) is 14.2. The SMILES string of the molecule is OC1CCc2cc(OCc3nc4ccccc4s3)ccc21. The number of para-hydroxylation sites is 1. The second-order valence-corrected chi connectivity index (χ2v) is 6.39. The van der Waals surface area contributed by atoms with Crippen LogP contribution < -0.4 is 4.74 Å². The summed E-state index contributed by atoms with van der Waals surface area (Å²) in [4.78, 5) is 4.57. The van der Waals surface area contributed by atoms with Crippen LogP contribution in [-0.2, 0) is 13.0 Å². The van der Waals surface area contributed by atoms with Crippen molar-refractivity contribution in [1.29, 1.82) is 0 Å². The number of thiazole rings is 1. The molecule has 106 valence electrons. The Morgan fingerprint density at radius 1 is 1.24 bits per heavy atom. The van der Waals surface area contributed by atoms with E-state index in [4.69, 9.17) is 4.74 Å². The summed E-state index contributed by atoms with van der Waals surface area (Å²) < 4.78 is 7.04. The Morgan fingerprint density at radius 2 is 2.14 bits per heavy atom. The minimum Gasteiger partial charge on any atom is -0.486 e. The molecule has 1 aromatic heterocycles. The van der Waals surface area contributed by atoms with Gasteiger partial charge in [-0.3, -0.25) is 0 Å². The Labute approximate surface area is 126 Å². The lowest BCUT2D eigenvalue weighted by molar-refractivity contribution is 0.180. The predicted molar refractivity (Wildman–Crippen MR) is 83.7 cm³/mol. The molecule has 1 heterocycles. The third-order valence-corrected chi connectivity index (χ3v) is 4.87. The van der Waals surface area contributed by atoms with Crippen LogP contribution in [0.2, 0.25) is 0 Å². The summed E-state index contributed by atoms with van der Waals surface area (Å²) in [5, 5.41) is 10.8. The molecule has 2 aromatic carbocycles. The van der Waals surface area contributed by atoms with Gasteiger partial charge in [0.15, 0.2) is 0 Å². The lowest BCUT2D eigenvalue weighted by Crippen LogP contribution is -1.96. The van der Waals surface area contributed by atoms with Gasteiger partial charge in [0, 0.05) is 0 Å². The first kappa shape index (κ1) is 12.8. The van der Waals surface area contributed by atoms with Crippen molar-refractivity contribution >= 4 is 21.6 Å². The molecule has 0 saturated carbocycles. The van der Waals surface area contributed by atoms with E-state index in [0.717, 1.165) is 34.7 Å². The van der Waals surface area contributed by atoms with Crippen molar-refractivity contribution in [3.05, 3.63) is 58.6 Å². The standard InChI is InChI=1S/C17H15NO2S/c19-15-8-5-11-9-12(6-7-13(11)15)20-10-17-18-14-3-1-2-4-16(14)21-17/h1-4,6-7,9,15,19H,5,8,10H2. The van der Waals surface area contributed by atoms with Crippen LogP contribution in [0.5, 0.6) is 5.75 Å². The minimum atomic E-state index is -0.307. The number of nitrogens with zero attached hydrogens (tertiary/aromatic N) is 1. The highest BCUT2D eigenvalue weighted by Gasteiger charge is 2.20. The van der Waals surface area contributed by atoms with Crippen molar-refractivity contribution in [2.24, 2.45) is 0 Å². The van der Waals surface area contributed by atoms with Gasteiger partial charge in [0.25, 0.3) is 0 Å². The molecule has 0 saturated heterocycles. The molecule has 0 radical (unpaired) electrons. The van der Waals surface area contributed by atoms with E-state index in [2.05, 4.69) is 11.1 Å². The number of fused-ring (bicyclic) bond motifs is 2. The Balaban J connectivity index is 1.51. The van der Waals surface area contributed by atoms with Gasteiger partial charge in [-0.05, 0) is 48.2 Å². The highest BCUT2D eigenvalue weighted by Crippen LogP contribution is 2.33. The van der Waals surface area contributed by atoms with Crippen LogP contribution in [0.25, 0.3) is 10.2 Å². The van der Waals surface area contributed by atoms with Crippen molar-refractivity contribution in [2.45, 2.75) is 25.6 Å². The summed E-state index contributed by atoms with van der Waals surface area (Å²) >= 11 is 1.67. The average Bonchev–Trinajstić information content (AvgIpc) is 3.08. The molecule has 4 heteroatoms. The number of hydrogen-bond donors (Lipinski definition) is 1. The molecule has 3 aromatic rings. The lowest BCUT2D eigenvalue weighted by Gasteiger charge is -2.07. The first-order valence-corrected chi connectivity index (χ1v) is 7.89. The van der Waals surface area contributed by atoms with Crippen molar-refractivity contribution < 1.29 is 9.84 Å². The van der Waals surface area contributed by atoms with Crippen molar-refractivity contribution in [3.63, 3.8) is 0 Å². The van der Waals surface area contributed by atoms with Crippen LogP contribution in [0, 0.1) is 0 Å². The number of aryl methyl sites for hydroxylation is 1. The van der Waals surface area contributed by atoms with Gasteiger partial charge in [0.2, 0.25) is 0 Å². The summed E-state index contributed by atoms with van der Waals surface area (Å²) in [6, 6.07) is 14.1. The maximum atomic E-state index is 9.81. The third-order valence-electron chi connectivity index (χ3n) is 3.86. The number of aliphatic hydroxyl groups excluding tert-OH is 1. The van der Waals surface area contributed by atoms with Crippen molar-refractivity contribution in [2.75, 3.05) is 0 Å². The number of rotatable bonds is 3. The molecule has 0 aliphatic heterocycles. The molecule has 1 atom stereocenters. The summed E-state index contributed by atoms with van der Waals surface area (Å²) in [6.45, 7) is 0.487. The maximum Gasteiger partial charge on any atom is 0.140 e. The first-order chi connectivity index (χ1) is 10.3. The lowest BCUT2D eigenvalue weighted by atomic mass is 10.1. The topological polar surface area (TPSA) is 42.4 Å². The number of ether oxygens (including phenoxy) is 1. The van der Waals surface area contributed by atoms with Gasteiger partial charge in [0.05, 0.1) is 16.3 Å². The largest absolute Gasteiger partial charge is 0.486 e. The summed E-state index contributed by atoms with van der Waals surface area (Å²) in [7, 11) is 0. The van der Waals surface area contributed by atoms with E-state index in [0.29, 0.717) is 6.61 Å². The van der Waals surface area contributed by atoms with Gasteiger partial charge >= 0.3 is 0 Å². The van der Waals surface area contributed by atoms with E-state index in [-0.39, 0.29) is 6.10 Å². The van der Waals surface area contributed by atoms with Crippen LogP contribution in [0.1, 0.15) is 28.7 Å². The second-order valence-electron chi connectivity index (χ2n) is 5.28. The molecule has 0 spiro atoms. The van der Waals surface area contributed by atoms with E-state index in [1.807, 2.05) is 36.4 Å². The Bertz CT molecular complexity index is 763. The van der Waals surface area contributed by atoms with Crippen molar-refractivity contribution in [3.8, 4) is 5.75 Å². The zero-order valence-electron chi connectivity index (χ0n) is 11.5. The monoisotopic (exact) mass is 297 g/mol. The zero-order valence-corrected chi connectivity index (χ0v) is 12.3. The van der Waals surface area contributed by atoms with E-state index in [9.17, 15) is 5.11 Å². The summed E-state index contributed by atoms with van der Waals surface area (Å²) in [6.07, 6.45) is 1.43. The maximum absolute atomic E-state index is 9.81. The Kier molecular flexibility index (Phi) is 3.13. The van der Waals surface area contributed by atoms with Gasteiger partial charge in [-0.15, -0.1) is 11.3 Å². The van der Waals surface area contributed by atoms with E-state index in [1.54, 1.807) is 11.3 Å². The molecule has 1 N–H and O–H groups in total. The van der Waals surface area contributed by atoms with Gasteiger partial charge in [-0.1, -0.05) is 18.2 Å². The van der Waals surface area contributed by atoms with E-state index in [1.165, 1.54) is 10.3 Å². The van der Waals surface area contributed by atoms with E-state index >= 15 is 0 Å². The molecule has 1 aliphatic rings. The molecule has 1 unspecified atom stereocenters. The number of aromatic nitrogens is 1. The first-order valence-electron chi connectivity index (χ1n) is 7.08. The number of benzene rings is 2. The predicted octanol–water partition coefficient (Wildman–Crippen LogP) is 3.85. The molecular formula is C17H15NO2S. The quantitative estimate of drug-likeness (QED) is 0.798. The van der Waals surface area contributed by atoms with Gasteiger partial charge in [-0.25, -0.2) is 4.98 Å². The average molecular weight is 297 g/mol. The summed E-state index contributed by atoms with van der Waals surface area (Å²) in [5.74, 6) is 0.849. The Morgan fingerprint density at radius 3 is 3.05 bits per heavy atom. The van der Waals surface area contributed by atoms with Crippen LogP contribution in [0.3, 0.4) is 0 Å². The minimum absolute atomic E-state index is 0.307. The molecule has 21 heavy (non-hydrogen) atoms. The fourth-order valence-electron chi connectivity index (χ4n) is 2.79. The van der Waals surface area contributed by atoms with Gasteiger partial charge in [0.1, 0.15) is 17.4 Å². The molecular weight excluding hydrogens is 282 g/mol. The molecule has 1 aliphatic carbocycles. The smallest absolute Gasteiger partial charge is 0.140 e. The van der Waals surface area contributed by atoms with Crippen LogP contribution >= 0.6 is 11.3 Å². The fourth-order valence-corrected chi connectivity index (χ4v) is 3.67. The molecule has 4 rings (SSSR count). The number of hydrogen-bond acceptors (Lipinski definition) is 4. The van der Waals surface area contributed by atoms with Crippen LogP contribution in [0.15, 0.2) is 42.5 Å². The molecule has 0 fully saturated rings. The highest BCUT2D eigenvalue weighted by molar-refractivity contribution is 7.18. The molecule has 3 nitrogen and oxygen atoms in total. The van der Waals surface area contributed by atoms with E-state index < -0.39 is 0 Å². The molecule has 0 bridgehead atoms. The van der Waals surface area contributed by atoms with Gasteiger partial charge < -0.3 is 9.84 Å². The van der Waals surface area contributed by atoms with Gasteiger partial charge in [-0.2, -0.15) is 0 Å².